The molecule has 2 rings (SSSR count). The maximum Gasteiger partial charge on any atom is 0.331 e. The first-order valence-corrected chi connectivity index (χ1v) is 15.6. The lowest BCUT2D eigenvalue weighted by atomic mass is 9.98. The van der Waals surface area contributed by atoms with Crippen molar-refractivity contribution in [3.8, 4) is 17.2 Å². The Bertz CT molecular complexity index is 782. The van der Waals surface area contributed by atoms with E-state index < -0.39 is 0 Å². The molecule has 0 atom stereocenters. The minimum Gasteiger partial charge on any atom is -0.493 e. The van der Waals surface area contributed by atoms with E-state index in [0.29, 0.717) is 19.8 Å². The first-order valence-electron chi connectivity index (χ1n) is 15.6. The van der Waals surface area contributed by atoms with Gasteiger partial charge in [-0.15, -0.1) is 0 Å². The van der Waals surface area contributed by atoms with Crippen molar-refractivity contribution in [1.29, 1.82) is 0 Å². The van der Waals surface area contributed by atoms with Crippen LogP contribution in [0, 0.1) is 0 Å². The molecule has 0 heterocycles. The zero-order valence-electron chi connectivity index (χ0n) is 24.6. The molecule has 0 aliphatic heterocycles. The summed E-state index contributed by atoms with van der Waals surface area (Å²) < 4.78 is 24.3. The van der Waals surface area contributed by atoms with Crippen LogP contribution in [0.1, 0.15) is 135 Å². The average molecular weight is 531 g/mol. The van der Waals surface area contributed by atoms with Gasteiger partial charge in [-0.1, -0.05) is 85.0 Å². The lowest BCUT2D eigenvalue weighted by molar-refractivity contribution is -0.144. The van der Waals surface area contributed by atoms with Gasteiger partial charge in [0.25, 0.3) is 0 Å². The predicted molar refractivity (Wildman–Crippen MR) is 157 cm³/mol. The molecule has 38 heavy (non-hydrogen) atoms. The van der Waals surface area contributed by atoms with Gasteiger partial charge < -0.3 is 18.9 Å². The van der Waals surface area contributed by atoms with Crippen molar-refractivity contribution in [2.75, 3.05) is 19.8 Å². The second-order valence-electron chi connectivity index (χ2n) is 10.6. The van der Waals surface area contributed by atoms with Crippen molar-refractivity contribution in [1.82, 2.24) is 0 Å². The molecule has 0 spiro atoms. The summed E-state index contributed by atoms with van der Waals surface area (Å²) in [6.45, 7) is 8.58. The van der Waals surface area contributed by atoms with Gasteiger partial charge in [-0.2, -0.15) is 0 Å². The van der Waals surface area contributed by atoms with Crippen molar-refractivity contribution in [2.24, 2.45) is 0 Å². The van der Waals surface area contributed by atoms with E-state index in [2.05, 4.69) is 20.8 Å². The normalized spacial score (nSPS) is 14.1. The van der Waals surface area contributed by atoms with E-state index in [-0.39, 0.29) is 12.1 Å². The van der Waals surface area contributed by atoms with E-state index >= 15 is 0 Å². The Kier molecular flexibility index (Phi) is 17.5. The topological polar surface area (TPSA) is 54.0 Å². The Morgan fingerprint density at radius 3 is 1.71 bits per heavy atom. The molecular weight excluding hydrogens is 476 g/mol. The highest BCUT2D eigenvalue weighted by molar-refractivity contribution is 5.88. The summed E-state index contributed by atoms with van der Waals surface area (Å²) in [7, 11) is 0. The van der Waals surface area contributed by atoms with Crippen LogP contribution in [0.4, 0.5) is 0 Å². The quantitative estimate of drug-likeness (QED) is 0.0900. The van der Waals surface area contributed by atoms with E-state index in [1.807, 2.05) is 18.2 Å². The van der Waals surface area contributed by atoms with Gasteiger partial charge in [0.1, 0.15) is 11.9 Å². The molecule has 0 unspecified atom stereocenters. The monoisotopic (exact) mass is 530 g/mol. The summed E-state index contributed by atoms with van der Waals surface area (Å²) in [4.78, 5) is 12.6. The van der Waals surface area contributed by atoms with Gasteiger partial charge in [-0.05, 0) is 57.1 Å². The molecule has 0 radical (unpaired) electrons. The largest absolute Gasteiger partial charge is 0.493 e. The molecule has 216 valence electrons. The molecule has 1 aromatic carbocycles. The van der Waals surface area contributed by atoms with Crippen molar-refractivity contribution in [2.45, 2.75) is 136 Å². The molecule has 0 N–H and O–H groups in total. The number of benzene rings is 1. The summed E-state index contributed by atoms with van der Waals surface area (Å²) >= 11 is 0. The number of carbonyl (C=O) groups is 1. The van der Waals surface area contributed by atoms with Gasteiger partial charge in [0.05, 0.1) is 19.8 Å². The van der Waals surface area contributed by atoms with Crippen molar-refractivity contribution < 1.29 is 23.7 Å². The SMILES string of the molecule is CCCCCCOc1cc(OCCCCCC)c(OCCCCCC)cc1C=CC(=O)OC1CCCCC1. The minimum absolute atomic E-state index is 0.0423. The van der Waals surface area contributed by atoms with Gasteiger partial charge in [0, 0.05) is 17.7 Å². The molecule has 0 aromatic heterocycles. The summed E-state index contributed by atoms with van der Waals surface area (Å²) in [6, 6.07) is 3.92. The van der Waals surface area contributed by atoms with E-state index in [0.717, 1.165) is 87.0 Å². The van der Waals surface area contributed by atoms with Gasteiger partial charge in [-0.3, -0.25) is 0 Å². The van der Waals surface area contributed by atoms with E-state index in [1.54, 1.807) is 0 Å². The maximum atomic E-state index is 12.6. The Hall–Kier alpha value is -2.17. The van der Waals surface area contributed by atoms with Gasteiger partial charge in [-0.25, -0.2) is 4.79 Å². The van der Waals surface area contributed by atoms with Crippen LogP contribution >= 0.6 is 0 Å². The number of carbonyl (C=O) groups excluding carboxylic acids is 1. The van der Waals surface area contributed by atoms with Crippen LogP contribution in [0.5, 0.6) is 17.2 Å². The van der Waals surface area contributed by atoms with Crippen LogP contribution in [-0.4, -0.2) is 31.9 Å². The number of unbranched alkanes of at least 4 members (excludes halogenated alkanes) is 9. The summed E-state index contributed by atoms with van der Waals surface area (Å²) in [6.07, 6.45) is 22.5. The Morgan fingerprint density at radius 1 is 0.684 bits per heavy atom. The molecule has 5 heteroatoms. The Morgan fingerprint density at radius 2 is 1.18 bits per heavy atom. The smallest absolute Gasteiger partial charge is 0.331 e. The Balaban J connectivity index is 2.17. The molecule has 0 amide bonds. The van der Waals surface area contributed by atoms with Gasteiger partial charge >= 0.3 is 5.97 Å². The summed E-state index contributed by atoms with van der Waals surface area (Å²) in [5, 5.41) is 0. The number of rotatable bonds is 21. The number of ether oxygens (including phenoxy) is 4. The van der Waals surface area contributed by atoms with Crippen LogP contribution in [0.15, 0.2) is 18.2 Å². The van der Waals surface area contributed by atoms with Crippen LogP contribution in [0.2, 0.25) is 0 Å². The van der Waals surface area contributed by atoms with Crippen molar-refractivity contribution in [3.05, 3.63) is 23.8 Å². The van der Waals surface area contributed by atoms with Crippen LogP contribution in [0.25, 0.3) is 6.08 Å². The second kappa shape index (κ2) is 20.7. The molecule has 5 nitrogen and oxygen atoms in total. The number of hydrogen-bond donors (Lipinski definition) is 0. The Labute approximate surface area is 232 Å². The van der Waals surface area contributed by atoms with Gasteiger partial charge in [0.2, 0.25) is 0 Å². The van der Waals surface area contributed by atoms with E-state index in [9.17, 15) is 4.79 Å². The fourth-order valence-corrected chi connectivity index (χ4v) is 4.72. The summed E-state index contributed by atoms with van der Waals surface area (Å²) in [5.74, 6) is 1.88. The molecule has 1 aromatic rings. The second-order valence-corrected chi connectivity index (χ2v) is 10.6. The third kappa shape index (κ3) is 13.6. The molecule has 1 fully saturated rings. The van der Waals surface area contributed by atoms with E-state index in [1.165, 1.54) is 51.0 Å². The number of hydrogen-bond acceptors (Lipinski definition) is 5. The van der Waals surface area contributed by atoms with Crippen LogP contribution in [-0.2, 0) is 9.53 Å². The van der Waals surface area contributed by atoms with Crippen LogP contribution < -0.4 is 14.2 Å². The molecule has 0 bridgehead atoms. The minimum atomic E-state index is -0.288. The maximum absolute atomic E-state index is 12.6. The highest BCUT2D eigenvalue weighted by Crippen LogP contribution is 2.36. The zero-order chi connectivity index (χ0) is 27.3. The first kappa shape index (κ1) is 32.0. The predicted octanol–water partition coefficient (Wildman–Crippen LogP) is 9.45. The molecule has 1 saturated carbocycles. The lowest BCUT2D eigenvalue weighted by Gasteiger charge is -2.21. The number of esters is 1. The van der Waals surface area contributed by atoms with E-state index in [4.69, 9.17) is 18.9 Å². The summed E-state index contributed by atoms with van der Waals surface area (Å²) in [5.41, 5.74) is 0.822. The third-order valence-corrected chi connectivity index (χ3v) is 7.08. The van der Waals surface area contributed by atoms with Gasteiger partial charge in [0.15, 0.2) is 11.5 Å². The fraction of sp³-hybridized carbons (Fsp3) is 0.727. The average Bonchev–Trinajstić information content (AvgIpc) is 2.93. The first-order chi connectivity index (χ1) is 18.7. The van der Waals surface area contributed by atoms with Crippen molar-refractivity contribution in [3.63, 3.8) is 0 Å². The molecular formula is C33H54O5. The third-order valence-electron chi connectivity index (χ3n) is 7.08. The molecule has 1 aliphatic rings. The standard InChI is InChI=1S/C33H54O5/c1-4-7-10-16-23-35-30-27-32(37-25-18-12-9-6-3)31(36-24-17-11-8-5-2)26-28(30)21-22-33(34)38-29-19-14-13-15-20-29/h21-22,26-27,29H,4-20,23-25H2,1-3H3. The molecule has 0 saturated heterocycles. The van der Waals surface area contributed by atoms with Crippen molar-refractivity contribution >= 4 is 12.0 Å². The van der Waals surface area contributed by atoms with Crippen LogP contribution in [0.3, 0.4) is 0 Å². The molecule has 1 aliphatic carbocycles. The fourth-order valence-electron chi connectivity index (χ4n) is 4.72. The lowest BCUT2D eigenvalue weighted by Crippen LogP contribution is -2.19. The zero-order valence-corrected chi connectivity index (χ0v) is 24.6. The highest BCUT2D eigenvalue weighted by Gasteiger charge is 2.17. The highest BCUT2D eigenvalue weighted by atomic mass is 16.5.